The summed E-state index contributed by atoms with van der Waals surface area (Å²) in [5.74, 6) is 0.508. The summed E-state index contributed by atoms with van der Waals surface area (Å²) in [6.45, 7) is 4.35. The molecule has 5 nitrogen and oxygen atoms in total. The summed E-state index contributed by atoms with van der Waals surface area (Å²) in [5.41, 5.74) is 1.99. The number of hydrogen-bond donors (Lipinski definition) is 1. The van der Waals surface area contributed by atoms with Crippen molar-refractivity contribution in [1.82, 2.24) is 0 Å². The van der Waals surface area contributed by atoms with Crippen LogP contribution in [0.5, 0.6) is 0 Å². The maximum Gasteiger partial charge on any atom is 0.271 e. The molecule has 1 aromatic rings. The van der Waals surface area contributed by atoms with E-state index in [2.05, 4.69) is 5.32 Å². The molecular weight excluding hydrogens is 220 g/mol. The number of benzene rings is 1. The number of nitro groups is 1. The summed E-state index contributed by atoms with van der Waals surface area (Å²) in [6, 6.07) is 4.88. The Kier molecular flexibility index (Phi) is 3.58. The van der Waals surface area contributed by atoms with E-state index >= 15 is 0 Å². The third-order valence-corrected chi connectivity index (χ3v) is 3.04. The van der Waals surface area contributed by atoms with Crippen molar-refractivity contribution in [1.29, 1.82) is 0 Å². The zero-order valence-electron chi connectivity index (χ0n) is 9.81. The highest BCUT2D eigenvalue weighted by molar-refractivity contribution is 5.56. The van der Waals surface area contributed by atoms with Crippen LogP contribution in [0.2, 0.25) is 0 Å². The highest BCUT2D eigenvalue weighted by Crippen LogP contribution is 2.23. The number of nitro benzene ring substituents is 1. The number of non-ortho nitro benzene ring substituents is 1. The predicted octanol–water partition coefficient (Wildman–Crippen LogP) is 2.35. The molecule has 0 saturated carbocycles. The Bertz CT molecular complexity index is 414. The van der Waals surface area contributed by atoms with E-state index in [-0.39, 0.29) is 10.6 Å². The maximum absolute atomic E-state index is 10.7. The zero-order valence-corrected chi connectivity index (χ0v) is 9.81. The second-order valence-corrected chi connectivity index (χ2v) is 4.37. The van der Waals surface area contributed by atoms with Gasteiger partial charge in [-0.25, -0.2) is 0 Å². The number of hydrogen-bond acceptors (Lipinski definition) is 4. The molecule has 1 N–H and O–H groups in total. The highest BCUT2D eigenvalue weighted by atomic mass is 16.6. The van der Waals surface area contributed by atoms with E-state index in [0.717, 1.165) is 37.4 Å². The van der Waals surface area contributed by atoms with Crippen LogP contribution in [0.3, 0.4) is 0 Å². The summed E-state index contributed by atoms with van der Waals surface area (Å²) < 4.78 is 5.29. The molecule has 0 bridgehead atoms. The summed E-state index contributed by atoms with van der Waals surface area (Å²) in [6.07, 6.45) is 1.06. The minimum atomic E-state index is -0.372. The van der Waals surface area contributed by atoms with Gasteiger partial charge < -0.3 is 10.1 Å². The molecule has 1 aromatic carbocycles. The van der Waals surface area contributed by atoms with Gasteiger partial charge in [-0.15, -0.1) is 0 Å². The van der Waals surface area contributed by atoms with Crippen molar-refractivity contribution >= 4 is 11.4 Å². The maximum atomic E-state index is 10.7. The molecule has 1 heterocycles. The van der Waals surface area contributed by atoms with E-state index < -0.39 is 0 Å². The van der Waals surface area contributed by atoms with Crippen LogP contribution in [0.15, 0.2) is 18.2 Å². The molecule has 1 aliphatic rings. The Morgan fingerprint density at radius 1 is 1.59 bits per heavy atom. The third-order valence-electron chi connectivity index (χ3n) is 3.04. The van der Waals surface area contributed by atoms with Gasteiger partial charge in [0.15, 0.2) is 0 Å². The summed E-state index contributed by atoms with van der Waals surface area (Å²) in [7, 11) is 0. The largest absolute Gasteiger partial charge is 0.384 e. The smallest absolute Gasteiger partial charge is 0.271 e. The molecule has 1 unspecified atom stereocenters. The van der Waals surface area contributed by atoms with Gasteiger partial charge in [-0.1, -0.05) is 6.07 Å². The molecule has 2 rings (SSSR count). The monoisotopic (exact) mass is 236 g/mol. The fourth-order valence-corrected chi connectivity index (χ4v) is 1.91. The number of nitrogens with one attached hydrogen (secondary N) is 1. The normalized spacial score (nSPS) is 19.2. The number of ether oxygens (including phenoxy) is 1. The van der Waals surface area contributed by atoms with Crippen molar-refractivity contribution in [2.75, 3.05) is 25.1 Å². The van der Waals surface area contributed by atoms with E-state index in [4.69, 9.17) is 4.74 Å². The van der Waals surface area contributed by atoms with Crippen molar-refractivity contribution < 1.29 is 9.66 Å². The molecule has 17 heavy (non-hydrogen) atoms. The highest BCUT2D eigenvalue weighted by Gasteiger charge is 2.16. The number of aryl methyl sites for hydroxylation is 1. The molecule has 1 saturated heterocycles. The van der Waals surface area contributed by atoms with Crippen molar-refractivity contribution in [3.8, 4) is 0 Å². The van der Waals surface area contributed by atoms with E-state index in [1.165, 1.54) is 6.07 Å². The third kappa shape index (κ3) is 2.94. The lowest BCUT2D eigenvalue weighted by molar-refractivity contribution is -0.384. The second-order valence-electron chi connectivity index (χ2n) is 4.37. The van der Waals surface area contributed by atoms with Gasteiger partial charge in [0.2, 0.25) is 0 Å². The van der Waals surface area contributed by atoms with Gasteiger partial charge in [0.25, 0.3) is 5.69 Å². The first-order chi connectivity index (χ1) is 8.16. The summed E-state index contributed by atoms with van der Waals surface area (Å²) in [5, 5.41) is 13.9. The van der Waals surface area contributed by atoms with Gasteiger partial charge in [-0.05, 0) is 18.9 Å². The molecule has 92 valence electrons. The van der Waals surface area contributed by atoms with Crippen LogP contribution in [0.4, 0.5) is 11.4 Å². The molecule has 0 amide bonds. The van der Waals surface area contributed by atoms with Gasteiger partial charge in [-0.3, -0.25) is 10.1 Å². The van der Waals surface area contributed by atoms with Crippen molar-refractivity contribution in [3.05, 3.63) is 33.9 Å². The Morgan fingerprint density at radius 2 is 2.41 bits per heavy atom. The topological polar surface area (TPSA) is 64.4 Å². The molecule has 5 heteroatoms. The predicted molar refractivity (Wildman–Crippen MR) is 65.2 cm³/mol. The van der Waals surface area contributed by atoms with Crippen LogP contribution in [0, 0.1) is 23.0 Å². The Hall–Kier alpha value is -1.62. The number of nitrogens with zero attached hydrogens (tertiary/aromatic N) is 1. The minimum Gasteiger partial charge on any atom is -0.384 e. The first-order valence-electron chi connectivity index (χ1n) is 5.73. The van der Waals surface area contributed by atoms with Crippen LogP contribution < -0.4 is 5.32 Å². The average molecular weight is 236 g/mol. The van der Waals surface area contributed by atoms with E-state index in [0.29, 0.717) is 5.92 Å². The van der Waals surface area contributed by atoms with Crippen LogP contribution in [-0.2, 0) is 4.74 Å². The Morgan fingerprint density at radius 3 is 3.06 bits per heavy atom. The lowest BCUT2D eigenvalue weighted by atomic mass is 10.1. The SMILES string of the molecule is Cc1ccc([N+](=O)[O-])cc1NCC1CCOC1. The molecule has 0 radical (unpaired) electrons. The molecule has 0 aromatic heterocycles. The molecular formula is C12H16N2O3. The van der Waals surface area contributed by atoms with Crippen LogP contribution >= 0.6 is 0 Å². The Balaban J connectivity index is 2.03. The first-order valence-corrected chi connectivity index (χ1v) is 5.73. The van der Waals surface area contributed by atoms with Crippen molar-refractivity contribution in [2.45, 2.75) is 13.3 Å². The molecule has 1 aliphatic heterocycles. The first kappa shape index (κ1) is 11.9. The van der Waals surface area contributed by atoms with Crippen LogP contribution in [0.25, 0.3) is 0 Å². The van der Waals surface area contributed by atoms with Gasteiger partial charge in [0.05, 0.1) is 11.5 Å². The van der Waals surface area contributed by atoms with E-state index in [9.17, 15) is 10.1 Å². The minimum absolute atomic E-state index is 0.126. The van der Waals surface area contributed by atoms with E-state index in [1.807, 2.05) is 6.92 Å². The quantitative estimate of drug-likeness (QED) is 0.643. The zero-order chi connectivity index (χ0) is 12.3. The number of rotatable bonds is 4. The lowest BCUT2D eigenvalue weighted by Gasteiger charge is -2.12. The number of anilines is 1. The summed E-state index contributed by atoms with van der Waals surface area (Å²) >= 11 is 0. The molecule has 0 spiro atoms. The fourth-order valence-electron chi connectivity index (χ4n) is 1.91. The summed E-state index contributed by atoms with van der Waals surface area (Å²) in [4.78, 5) is 10.3. The van der Waals surface area contributed by atoms with Gasteiger partial charge in [0, 0.05) is 36.9 Å². The van der Waals surface area contributed by atoms with Crippen LogP contribution in [-0.4, -0.2) is 24.7 Å². The molecule has 1 atom stereocenters. The average Bonchev–Trinajstić information content (AvgIpc) is 2.80. The standard InChI is InChI=1S/C12H16N2O3/c1-9-2-3-11(14(15)16)6-12(9)13-7-10-4-5-17-8-10/h2-3,6,10,13H,4-5,7-8H2,1H3. The van der Waals surface area contributed by atoms with Gasteiger partial charge in [-0.2, -0.15) is 0 Å². The Labute approximate surface area is 99.9 Å². The van der Waals surface area contributed by atoms with Crippen molar-refractivity contribution in [2.24, 2.45) is 5.92 Å². The van der Waals surface area contributed by atoms with Crippen molar-refractivity contribution in [3.63, 3.8) is 0 Å². The second kappa shape index (κ2) is 5.14. The van der Waals surface area contributed by atoms with Gasteiger partial charge in [0.1, 0.15) is 0 Å². The van der Waals surface area contributed by atoms with E-state index in [1.54, 1.807) is 12.1 Å². The fraction of sp³-hybridized carbons (Fsp3) is 0.500. The lowest BCUT2D eigenvalue weighted by Crippen LogP contribution is -2.14. The molecule has 1 fully saturated rings. The molecule has 0 aliphatic carbocycles. The van der Waals surface area contributed by atoms with Gasteiger partial charge >= 0.3 is 0 Å². The van der Waals surface area contributed by atoms with Crippen LogP contribution in [0.1, 0.15) is 12.0 Å².